The van der Waals surface area contributed by atoms with Crippen molar-refractivity contribution in [2.24, 2.45) is 0 Å². The Hall–Kier alpha value is -3.04. The normalized spacial score (nSPS) is 11.6. The maximum absolute atomic E-state index is 12.9. The Morgan fingerprint density at radius 1 is 1.22 bits per heavy atom. The Morgan fingerprint density at radius 2 is 2.00 bits per heavy atom. The lowest BCUT2D eigenvalue weighted by atomic mass is 10.1. The highest BCUT2D eigenvalue weighted by molar-refractivity contribution is 7.11. The zero-order valence-corrected chi connectivity index (χ0v) is 16.1. The molecule has 5 nitrogen and oxygen atoms in total. The lowest BCUT2D eigenvalue weighted by Gasteiger charge is -2.24. The van der Waals surface area contributed by atoms with Crippen molar-refractivity contribution in [1.29, 1.82) is 5.26 Å². The smallest absolute Gasteiger partial charge is 0.318 e. The number of thiophene rings is 1. The molecule has 0 aliphatic rings. The van der Waals surface area contributed by atoms with Crippen molar-refractivity contribution >= 4 is 17.4 Å². The molecule has 27 heavy (non-hydrogen) atoms. The molecule has 6 heteroatoms. The van der Waals surface area contributed by atoms with E-state index in [-0.39, 0.29) is 12.1 Å². The van der Waals surface area contributed by atoms with E-state index < -0.39 is 0 Å². The summed E-state index contributed by atoms with van der Waals surface area (Å²) in [7, 11) is 0. The van der Waals surface area contributed by atoms with Crippen LogP contribution >= 0.6 is 11.3 Å². The Labute approximate surface area is 162 Å². The molecule has 3 rings (SSSR count). The first kappa shape index (κ1) is 18.7. The van der Waals surface area contributed by atoms with E-state index in [2.05, 4.69) is 24.4 Å². The van der Waals surface area contributed by atoms with Crippen LogP contribution in [0.2, 0.25) is 0 Å². The number of carbonyl (C=O) groups is 1. The molecule has 2 aromatic heterocycles. The van der Waals surface area contributed by atoms with Crippen LogP contribution in [0.3, 0.4) is 0 Å². The SMILES string of the molecule is Cc1ccc(CN(Cc2ccco2)C(=O)NC(C)c2ccc(C#N)cc2)s1. The molecule has 0 aliphatic heterocycles. The average molecular weight is 379 g/mol. The van der Waals surface area contributed by atoms with E-state index >= 15 is 0 Å². The van der Waals surface area contributed by atoms with Crippen molar-refractivity contribution in [2.45, 2.75) is 33.0 Å². The van der Waals surface area contributed by atoms with Gasteiger partial charge in [0.1, 0.15) is 5.76 Å². The molecule has 1 atom stereocenters. The standard InChI is InChI=1S/C21H21N3O2S/c1-15-5-10-20(27-15)14-24(13-19-4-3-11-26-19)21(25)23-16(2)18-8-6-17(12-22)7-9-18/h3-11,16H,13-14H2,1-2H3,(H,23,25). The van der Waals surface area contributed by atoms with E-state index in [1.807, 2.05) is 37.3 Å². The molecule has 138 valence electrons. The van der Waals surface area contributed by atoms with Crippen molar-refractivity contribution in [3.63, 3.8) is 0 Å². The van der Waals surface area contributed by atoms with Crippen LogP contribution in [-0.2, 0) is 13.1 Å². The third-order valence-electron chi connectivity index (χ3n) is 4.24. The quantitative estimate of drug-likeness (QED) is 0.656. The monoisotopic (exact) mass is 379 g/mol. The molecule has 1 aromatic carbocycles. The molecular weight excluding hydrogens is 358 g/mol. The minimum Gasteiger partial charge on any atom is -0.467 e. The van der Waals surface area contributed by atoms with E-state index in [0.29, 0.717) is 18.7 Å². The molecule has 1 N–H and O–H groups in total. The Balaban J connectivity index is 1.71. The first-order valence-electron chi connectivity index (χ1n) is 8.68. The summed E-state index contributed by atoms with van der Waals surface area (Å²) in [5, 5.41) is 12.0. The Bertz CT molecular complexity index is 923. The summed E-state index contributed by atoms with van der Waals surface area (Å²) in [6.07, 6.45) is 1.61. The van der Waals surface area contributed by atoms with Crippen LogP contribution in [0.5, 0.6) is 0 Å². The van der Waals surface area contributed by atoms with Crippen LogP contribution in [-0.4, -0.2) is 10.9 Å². The molecule has 2 heterocycles. The van der Waals surface area contributed by atoms with Crippen molar-refractivity contribution in [1.82, 2.24) is 10.2 Å². The summed E-state index contributed by atoms with van der Waals surface area (Å²) < 4.78 is 5.42. The van der Waals surface area contributed by atoms with Crippen molar-refractivity contribution in [3.8, 4) is 6.07 Å². The van der Waals surface area contributed by atoms with E-state index in [0.717, 1.165) is 16.2 Å². The Morgan fingerprint density at radius 3 is 2.59 bits per heavy atom. The molecule has 2 amide bonds. The summed E-state index contributed by atoms with van der Waals surface area (Å²) in [5.41, 5.74) is 1.55. The van der Waals surface area contributed by atoms with Gasteiger partial charge in [-0.25, -0.2) is 4.79 Å². The molecule has 0 spiro atoms. The van der Waals surface area contributed by atoms with Gasteiger partial charge in [-0.15, -0.1) is 11.3 Å². The summed E-state index contributed by atoms with van der Waals surface area (Å²) in [5.74, 6) is 0.740. The van der Waals surface area contributed by atoms with E-state index in [4.69, 9.17) is 9.68 Å². The fraction of sp³-hybridized carbons (Fsp3) is 0.238. The molecule has 0 fully saturated rings. The second kappa shape index (κ2) is 8.56. The van der Waals surface area contributed by atoms with Crippen LogP contribution in [0.4, 0.5) is 4.79 Å². The zero-order valence-electron chi connectivity index (χ0n) is 15.3. The zero-order chi connectivity index (χ0) is 19.2. The second-order valence-electron chi connectivity index (χ2n) is 6.35. The van der Waals surface area contributed by atoms with Crippen LogP contribution < -0.4 is 5.32 Å². The van der Waals surface area contributed by atoms with Crippen LogP contribution in [0.1, 0.15) is 39.6 Å². The van der Waals surface area contributed by atoms with Gasteiger partial charge in [0.05, 0.1) is 37.0 Å². The second-order valence-corrected chi connectivity index (χ2v) is 7.73. The van der Waals surface area contributed by atoms with E-state index in [9.17, 15) is 4.79 Å². The van der Waals surface area contributed by atoms with Crippen molar-refractivity contribution in [2.75, 3.05) is 0 Å². The summed E-state index contributed by atoms with van der Waals surface area (Å²) >= 11 is 1.68. The predicted octanol–water partition coefficient (Wildman–Crippen LogP) is 4.99. The number of nitrogens with zero attached hydrogens (tertiary/aromatic N) is 2. The molecule has 0 radical (unpaired) electrons. The molecule has 0 bridgehead atoms. The number of hydrogen-bond donors (Lipinski definition) is 1. The molecular formula is C21H21N3O2S. The van der Waals surface area contributed by atoms with Gasteiger partial charge in [-0.2, -0.15) is 5.26 Å². The van der Waals surface area contributed by atoms with Gasteiger partial charge >= 0.3 is 6.03 Å². The van der Waals surface area contributed by atoms with Gasteiger partial charge in [-0.1, -0.05) is 12.1 Å². The number of urea groups is 1. The number of nitriles is 1. The molecule has 0 saturated heterocycles. The lowest BCUT2D eigenvalue weighted by Crippen LogP contribution is -2.40. The summed E-state index contributed by atoms with van der Waals surface area (Å²) in [6.45, 7) is 4.90. The first-order chi connectivity index (χ1) is 13.0. The number of furan rings is 1. The maximum Gasteiger partial charge on any atom is 0.318 e. The van der Waals surface area contributed by atoms with Crippen molar-refractivity contribution < 1.29 is 9.21 Å². The number of nitrogens with one attached hydrogen (secondary N) is 1. The van der Waals surface area contributed by atoms with Crippen LogP contribution in [0.15, 0.2) is 59.2 Å². The van der Waals surface area contributed by atoms with Gasteiger partial charge in [0, 0.05) is 9.75 Å². The van der Waals surface area contributed by atoms with Gasteiger partial charge < -0.3 is 14.6 Å². The summed E-state index contributed by atoms with van der Waals surface area (Å²) in [6, 6.07) is 16.8. The average Bonchev–Trinajstić information content (AvgIpc) is 3.33. The largest absolute Gasteiger partial charge is 0.467 e. The van der Waals surface area contributed by atoms with E-state index in [1.54, 1.807) is 34.6 Å². The third-order valence-corrected chi connectivity index (χ3v) is 5.22. The minimum atomic E-state index is -0.172. The fourth-order valence-corrected chi connectivity index (χ4v) is 3.66. The van der Waals surface area contributed by atoms with Crippen molar-refractivity contribution in [3.05, 3.63) is 81.4 Å². The molecule has 1 unspecified atom stereocenters. The maximum atomic E-state index is 12.9. The number of hydrogen-bond acceptors (Lipinski definition) is 4. The Kier molecular flexibility index (Phi) is 5.94. The van der Waals surface area contributed by atoms with E-state index in [1.165, 1.54) is 4.88 Å². The lowest BCUT2D eigenvalue weighted by molar-refractivity contribution is 0.184. The third kappa shape index (κ3) is 4.99. The summed E-state index contributed by atoms with van der Waals surface area (Å²) in [4.78, 5) is 17.0. The topological polar surface area (TPSA) is 69.3 Å². The van der Waals surface area contributed by atoms with Gasteiger partial charge in [0.2, 0.25) is 0 Å². The van der Waals surface area contributed by atoms with Gasteiger partial charge in [-0.3, -0.25) is 0 Å². The number of aryl methyl sites for hydroxylation is 1. The number of benzene rings is 1. The molecule has 0 saturated carbocycles. The van der Waals surface area contributed by atoms with Gasteiger partial charge in [-0.05, 0) is 55.8 Å². The highest BCUT2D eigenvalue weighted by Gasteiger charge is 2.19. The van der Waals surface area contributed by atoms with Crippen LogP contribution in [0.25, 0.3) is 0 Å². The first-order valence-corrected chi connectivity index (χ1v) is 9.50. The molecule has 0 aliphatic carbocycles. The van der Waals surface area contributed by atoms with Gasteiger partial charge in [0.15, 0.2) is 0 Å². The highest BCUT2D eigenvalue weighted by atomic mass is 32.1. The van der Waals surface area contributed by atoms with Gasteiger partial charge in [0.25, 0.3) is 0 Å². The fourth-order valence-electron chi connectivity index (χ4n) is 2.75. The van der Waals surface area contributed by atoms with Crippen LogP contribution in [0, 0.1) is 18.3 Å². The number of rotatable bonds is 6. The predicted molar refractivity (Wildman–Crippen MR) is 105 cm³/mol. The number of carbonyl (C=O) groups excluding carboxylic acids is 1. The number of amides is 2. The highest BCUT2D eigenvalue weighted by Crippen LogP contribution is 2.20. The molecule has 3 aromatic rings. The minimum absolute atomic E-state index is 0.158.